The molecule has 2 aromatic heterocycles. The first-order valence-corrected chi connectivity index (χ1v) is 10.1. The van der Waals surface area contributed by atoms with Crippen LogP contribution in [0.25, 0.3) is 0 Å². The van der Waals surface area contributed by atoms with E-state index in [2.05, 4.69) is 20.5 Å². The number of benzene rings is 1. The topological polar surface area (TPSA) is 71.0 Å². The maximum Gasteiger partial charge on any atom is 0.234 e. The van der Waals surface area contributed by atoms with Crippen molar-refractivity contribution in [2.75, 3.05) is 18.0 Å². The Morgan fingerprint density at radius 2 is 2.07 bits per heavy atom. The standard InChI is InChI=1S/C22H21ClFN5O/c1-14-4-20(28-27-9-14)8-22(30)29(13-15-5-18(23)7-19(24)6-15)21-3-2-16(12-26-21)17-10-25-11-17/h2-7,9,12,17,25H,8,10-11,13H2,1H3. The summed E-state index contributed by atoms with van der Waals surface area (Å²) in [5.74, 6) is 0.286. The molecule has 0 spiro atoms. The first-order chi connectivity index (χ1) is 14.5. The van der Waals surface area contributed by atoms with E-state index >= 15 is 0 Å². The molecule has 0 atom stereocenters. The van der Waals surface area contributed by atoms with E-state index < -0.39 is 5.82 Å². The lowest BCUT2D eigenvalue weighted by Gasteiger charge is -2.28. The van der Waals surface area contributed by atoms with Gasteiger partial charge in [-0.3, -0.25) is 9.69 Å². The predicted molar refractivity (Wildman–Crippen MR) is 113 cm³/mol. The summed E-state index contributed by atoms with van der Waals surface area (Å²) in [4.78, 5) is 19.2. The summed E-state index contributed by atoms with van der Waals surface area (Å²) in [5, 5.41) is 11.5. The molecular weight excluding hydrogens is 405 g/mol. The number of hydrogen-bond acceptors (Lipinski definition) is 5. The SMILES string of the molecule is Cc1cnnc(CC(=O)N(Cc2cc(F)cc(Cl)c2)c2ccc(C3CNC3)cn2)c1. The summed E-state index contributed by atoms with van der Waals surface area (Å²) in [7, 11) is 0. The number of pyridine rings is 1. The third-order valence-electron chi connectivity index (χ3n) is 5.04. The molecule has 0 saturated carbocycles. The van der Waals surface area contributed by atoms with Crippen LogP contribution in [-0.2, 0) is 17.8 Å². The molecule has 8 heteroatoms. The Kier molecular flexibility index (Phi) is 6.01. The number of halogens is 2. The molecule has 3 heterocycles. The lowest BCUT2D eigenvalue weighted by Crippen LogP contribution is -2.40. The molecular formula is C22H21ClFN5O. The number of rotatable bonds is 6. The Bertz CT molecular complexity index is 1040. The third kappa shape index (κ3) is 4.80. The molecule has 154 valence electrons. The molecule has 1 amide bonds. The van der Waals surface area contributed by atoms with Crippen LogP contribution in [-0.4, -0.2) is 34.2 Å². The normalized spacial score (nSPS) is 13.7. The summed E-state index contributed by atoms with van der Waals surface area (Å²) in [5.41, 5.74) is 3.20. The number of amides is 1. The number of carbonyl (C=O) groups is 1. The largest absolute Gasteiger partial charge is 0.315 e. The number of carbonyl (C=O) groups excluding carboxylic acids is 1. The zero-order valence-electron chi connectivity index (χ0n) is 16.5. The number of aryl methyl sites for hydroxylation is 1. The van der Waals surface area contributed by atoms with E-state index in [4.69, 9.17) is 11.6 Å². The fourth-order valence-corrected chi connectivity index (χ4v) is 3.61. The number of aromatic nitrogens is 3. The minimum absolute atomic E-state index is 0.0632. The predicted octanol–water partition coefficient (Wildman–Crippen LogP) is 3.44. The van der Waals surface area contributed by atoms with Gasteiger partial charge in [0.2, 0.25) is 5.91 Å². The molecule has 0 radical (unpaired) electrons. The molecule has 1 aliphatic heterocycles. The maximum absolute atomic E-state index is 13.8. The molecule has 0 unspecified atom stereocenters. The van der Waals surface area contributed by atoms with Gasteiger partial charge in [-0.1, -0.05) is 17.7 Å². The lowest BCUT2D eigenvalue weighted by atomic mass is 9.95. The van der Waals surface area contributed by atoms with E-state index in [-0.39, 0.29) is 23.9 Å². The minimum Gasteiger partial charge on any atom is -0.315 e. The van der Waals surface area contributed by atoms with Gasteiger partial charge >= 0.3 is 0 Å². The fraction of sp³-hybridized carbons (Fsp3) is 0.273. The summed E-state index contributed by atoms with van der Waals surface area (Å²) >= 11 is 6.00. The highest BCUT2D eigenvalue weighted by Crippen LogP contribution is 2.24. The Morgan fingerprint density at radius 1 is 1.23 bits per heavy atom. The third-order valence-corrected chi connectivity index (χ3v) is 5.26. The summed E-state index contributed by atoms with van der Waals surface area (Å²) in [6, 6.07) is 9.88. The van der Waals surface area contributed by atoms with Gasteiger partial charge in [-0.2, -0.15) is 10.2 Å². The van der Waals surface area contributed by atoms with Crippen molar-refractivity contribution >= 4 is 23.3 Å². The summed E-state index contributed by atoms with van der Waals surface area (Å²) in [6.07, 6.45) is 3.50. The first-order valence-electron chi connectivity index (χ1n) is 9.68. The quantitative estimate of drug-likeness (QED) is 0.655. The van der Waals surface area contributed by atoms with Crippen molar-refractivity contribution in [2.45, 2.75) is 25.8 Å². The monoisotopic (exact) mass is 425 g/mol. The Hall–Kier alpha value is -2.90. The minimum atomic E-state index is -0.449. The highest BCUT2D eigenvalue weighted by Gasteiger charge is 2.22. The van der Waals surface area contributed by atoms with E-state index in [1.54, 1.807) is 18.5 Å². The van der Waals surface area contributed by atoms with Crippen LogP contribution >= 0.6 is 11.6 Å². The van der Waals surface area contributed by atoms with Crippen LogP contribution in [0.15, 0.2) is 48.8 Å². The van der Waals surface area contributed by atoms with E-state index in [1.165, 1.54) is 17.0 Å². The second-order valence-corrected chi connectivity index (χ2v) is 7.90. The van der Waals surface area contributed by atoms with Crippen LogP contribution in [0.2, 0.25) is 5.02 Å². The molecule has 30 heavy (non-hydrogen) atoms. The van der Waals surface area contributed by atoms with Gasteiger partial charge in [0.25, 0.3) is 0 Å². The van der Waals surface area contributed by atoms with Gasteiger partial charge in [0, 0.05) is 30.2 Å². The zero-order chi connectivity index (χ0) is 21.1. The molecule has 6 nitrogen and oxygen atoms in total. The van der Waals surface area contributed by atoms with Crippen molar-refractivity contribution in [3.8, 4) is 0 Å². The summed E-state index contributed by atoms with van der Waals surface area (Å²) in [6.45, 7) is 3.90. The number of nitrogens with zero attached hydrogens (tertiary/aromatic N) is 4. The molecule has 3 aromatic rings. The van der Waals surface area contributed by atoms with Crippen molar-refractivity contribution in [1.82, 2.24) is 20.5 Å². The van der Waals surface area contributed by atoms with Crippen LogP contribution in [0.4, 0.5) is 10.2 Å². The summed E-state index contributed by atoms with van der Waals surface area (Å²) < 4.78 is 13.8. The molecule has 1 fully saturated rings. The van der Waals surface area contributed by atoms with Gasteiger partial charge in [-0.05, 0) is 53.9 Å². The Balaban J connectivity index is 1.61. The zero-order valence-corrected chi connectivity index (χ0v) is 17.2. The molecule has 4 rings (SSSR count). The number of nitrogens with one attached hydrogen (secondary N) is 1. The van der Waals surface area contributed by atoms with Crippen LogP contribution in [0.5, 0.6) is 0 Å². The molecule has 1 aliphatic rings. The van der Waals surface area contributed by atoms with Gasteiger partial charge in [0.05, 0.1) is 24.9 Å². The first kappa shape index (κ1) is 20.4. The number of hydrogen-bond donors (Lipinski definition) is 1. The van der Waals surface area contributed by atoms with Crippen LogP contribution in [0, 0.1) is 12.7 Å². The van der Waals surface area contributed by atoms with Gasteiger partial charge < -0.3 is 5.32 Å². The Labute approximate surface area is 179 Å². The molecule has 0 bridgehead atoms. The smallest absolute Gasteiger partial charge is 0.234 e. The van der Waals surface area contributed by atoms with E-state index in [9.17, 15) is 9.18 Å². The van der Waals surface area contributed by atoms with Crippen molar-refractivity contribution in [3.05, 3.63) is 82.0 Å². The second-order valence-electron chi connectivity index (χ2n) is 7.46. The molecule has 1 N–H and O–H groups in total. The molecule has 1 saturated heterocycles. The average Bonchev–Trinajstić information content (AvgIpc) is 2.65. The van der Waals surface area contributed by atoms with E-state index in [0.717, 1.165) is 24.2 Å². The fourth-order valence-electron chi connectivity index (χ4n) is 3.36. The maximum atomic E-state index is 13.8. The lowest BCUT2D eigenvalue weighted by molar-refractivity contribution is -0.118. The average molecular weight is 426 g/mol. The van der Waals surface area contributed by atoms with Gasteiger partial charge in [-0.15, -0.1) is 0 Å². The van der Waals surface area contributed by atoms with Gasteiger partial charge in [0.15, 0.2) is 0 Å². The van der Waals surface area contributed by atoms with Crippen molar-refractivity contribution in [1.29, 1.82) is 0 Å². The highest BCUT2D eigenvalue weighted by atomic mass is 35.5. The van der Waals surface area contributed by atoms with Crippen molar-refractivity contribution in [2.24, 2.45) is 0 Å². The molecule has 0 aliphatic carbocycles. The van der Waals surface area contributed by atoms with Crippen LogP contribution in [0.3, 0.4) is 0 Å². The van der Waals surface area contributed by atoms with Gasteiger partial charge in [0.1, 0.15) is 11.6 Å². The second kappa shape index (κ2) is 8.85. The van der Waals surface area contributed by atoms with Crippen molar-refractivity contribution in [3.63, 3.8) is 0 Å². The Morgan fingerprint density at radius 3 is 2.70 bits per heavy atom. The van der Waals surface area contributed by atoms with E-state index in [1.807, 2.05) is 25.1 Å². The van der Waals surface area contributed by atoms with Crippen LogP contribution < -0.4 is 10.2 Å². The highest BCUT2D eigenvalue weighted by molar-refractivity contribution is 6.30. The molecule has 1 aromatic carbocycles. The van der Waals surface area contributed by atoms with Crippen LogP contribution in [0.1, 0.15) is 28.3 Å². The van der Waals surface area contributed by atoms with E-state index in [0.29, 0.717) is 23.0 Å². The van der Waals surface area contributed by atoms with Crippen molar-refractivity contribution < 1.29 is 9.18 Å². The van der Waals surface area contributed by atoms with Gasteiger partial charge in [-0.25, -0.2) is 9.37 Å². The number of anilines is 1.